The van der Waals surface area contributed by atoms with Crippen molar-refractivity contribution in [3.63, 3.8) is 0 Å². The van der Waals surface area contributed by atoms with Gasteiger partial charge in [-0.1, -0.05) is 18.2 Å². The fourth-order valence-corrected chi connectivity index (χ4v) is 3.55. The number of hydrogen-bond acceptors (Lipinski definition) is 4. The molecular formula is C23H20F3N3O3. The van der Waals surface area contributed by atoms with Crippen LogP contribution in [0.1, 0.15) is 26.5 Å². The number of piperazine rings is 1. The SMILES string of the molecule is O=C(c1ccco1)N1CCN(C(=O)c2ccccc2Nc2cccc(C(F)(F)F)c2)CC1. The highest BCUT2D eigenvalue weighted by atomic mass is 19.4. The van der Waals surface area contributed by atoms with Gasteiger partial charge in [-0.15, -0.1) is 0 Å². The molecule has 1 N–H and O–H groups in total. The van der Waals surface area contributed by atoms with Gasteiger partial charge in [-0.2, -0.15) is 13.2 Å². The van der Waals surface area contributed by atoms with Crippen molar-refractivity contribution < 1.29 is 27.2 Å². The Morgan fingerprint density at radius 3 is 2.19 bits per heavy atom. The maximum Gasteiger partial charge on any atom is 0.416 e. The zero-order valence-corrected chi connectivity index (χ0v) is 16.9. The number of carbonyl (C=O) groups is 2. The largest absolute Gasteiger partial charge is 0.459 e. The Hall–Kier alpha value is -3.75. The first-order chi connectivity index (χ1) is 15.3. The van der Waals surface area contributed by atoms with Gasteiger partial charge >= 0.3 is 6.18 Å². The molecule has 1 saturated heterocycles. The minimum Gasteiger partial charge on any atom is -0.459 e. The molecule has 166 valence electrons. The molecule has 2 aromatic carbocycles. The van der Waals surface area contributed by atoms with E-state index in [4.69, 9.17) is 4.42 Å². The van der Waals surface area contributed by atoms with Crippen molar-refractivity contribution in [1.29, 1.82) is 0 Å². The van der Waals surface area contributed by atoms with Crippen molar-refractivity contribution in [1.82, 2.24) is 9.80 Å². The van der Waals surface area contributed by atoms with Gasteiger partial charge in [-0.25, -0.2) is 0 Å². The minimum atomic E-state index is -4.46. The molecule has 32 heavy (non-hydrogen) atoms. The molecule has 1 aromatic heterocycles. The van der Waals surface area contributed by atoms with Crippen molar-refractivity contribution in [3.05, 3.63) is 83.8 Å². The Bertz CT molecular complexity index is 1100. The van der Waals surface area contributed by atoms with E-state index in [0.29, 0.717) is 37.4 Å². The molecule has 9 heteroatoms. The Morgan fingerprint density at radius 1 is 0.844 bits per heavy atom. The molecule has 1 aliphatic heterocycles. The van der Waals surface area contributed by atoms with Crippen molar-refractivity contribution in [2.45, 2.75) is 6.18 Å². The molecule has 0 aliphatic carbocycles. The lowest BCUT2D eigenvalue weighted by Gasteiger charge is -2.34. The Morgan fingerprint density at radius 2 is 1.53 bits per heavy atom. The monoisotopic (exact) mass is 443 g/mol. The van der Waals surface area contributed by atoms with Crippen LogP contribution in [0.4, 0.5) is 24.5 Å². The maximum atomic E-state index is 13.1. The minimum absolute atomic E-state index is 0.228. The van der Waals surface area contributed by atoms with Crippen LogP contribution in [0, 0.1) is 0 Å². The van der Waals surface area contributed by atoms with E-state index in [-0.39, 0.29) is 23.3 Å². The van der Waals surface area contributed by atoms with E-state index in [9.17, 15) is 22.8 Å². The lowest BCUT2D eigenvalue weighted by atomic mass is 10.1. The average Bonchev–Trinajstić information content (AvgIpc) is 3.33. The van der Waals surface area contributed by atoms with Crippen molar-refractivity contribution in [2.75, 3.05) is 31.5 Å². The number of para-hydroxylation sites is 1. The second-order valence-electron chi connectivity index (χ2n) is 7.31. The zero-order chi connectivity index (χ0) is 22.7. The molecule has 0 spiro atoms. The molecular weight excluding hydrogens is 423 g/mol. The van der Waals surface area contributed by atoms with E-state index in [1.807, 2.05) is 0 Å². The van der Waals surface area contributed by atoms with E-state index in [1.54, 1.807) is 46.2 Å². The van der Waals surface area contributed by atoms with Crippen LogP contribution in [0.5, 0.6) is 0 Å². The first-order valence-corrected chi connectivity index (χ1v) is 9.98. The molecule has 2 amide bonds. The molecule has 1 fully saturated rings. The quantitative estimate of drug-likeness (QED) is 0.638. The smallest absolute Gasteiger partial charge is 0.416 e. The second kappa shape index (κ2) is 8.78. The topological polar surface area (TPSA) is 65.8 Å². The highest BCUT2D eigenvalue weighted by molar-refractivity contribution is 6.00. The zero-order valence-electron chi connectivity index (χ0n) is 16.9. The molecule has 0 unspecified atom stereocenters. The van der Waals surface area contributed by atoms with E-state index in [0.717, 1.165) is 12.1 Å². The number of anilines is 2. The number of carbonyl (C=O) groups excluding carboxylic acids is 2. The number of amides is 2. The number of alkyl halides is 3. The summed E-state index contributed by atoms with van der Waals surface area (Å²) in [6, 6.07) is 14.7. The Kier molecular flexibility index (Phi) is 5.89. The summed E-state index contributed by atoms with van der Waals surface area (Å²) in [5.74, 6) is -0.237. The van der Waals surface area contributed by atoms with E-state index in [2.05, 4.69) is 5.32 Å². The third-order valence-electron chi connectivity index (χ3n) is 5.21. The van der Waals surface area contributed by atoms with E-state index in [1.165, 1.54) is 18.4 Å². The van der Waals surface area contributed by atoms with Crippen LogP contribution < -0.4 is 5.32 Å². The predicted octanol–water partition coefficient (Wildman–Crippen LogP) is 4.64. The molecule has 0 bridgehead atoms. The fourth-order valence-electron chi connectivity index (χ4n) is 3.55. The number of halogens is 3. The summed E-state index contributed by atoms with van der Waals surface area (Å²) >= 11 is 0. The standard InChI is InChI=1S/C23H20F3N3O3/c24-23(25,26)16-5-3-6-17(15-16)27-19-8-2-1-7-18(19)21(30)28-10-12-29(13-11-28)22(31)20-9-4-14-32-20/h1-9,14-15,27H,10-13H2. The summed E-state index contributed by atoms with van der Waals surface area (Å²) in [6.07, 6.45) is -3.03. The third kappa shape index (κ3) is 4.61. The first-order valence-electron chi connectivity index (χ1n) is 9.98. The van der Waals surface area contributed by atoms with Gasteiger partial charge in [0.05, 0.1) is 23.1 Å². The van der Waals surface area contributed by atoms with Crippen LogP contribution in [0.2, 0.25) is 0 Å². The summed E-state index contributed by atoms with van der Waals surface area (Å²) in [6.45, 7) is 1.38. The Balaban J connectivity index is 1.46. The molecule has 4 rings (SSSR count). The van der Waals surface area contributed by atoms with Gasteiger partial charge in [0.25, 0.3) is 11.8 Å². The number of nitrogens with one attached hydrogen (secondary N) is 1. The third-order valence-corrected chi connectivity index (χ3v) is 5.21. The van der Waals surface area contributed by atoms with Gasteiger partial charge in [-0.05, 0) is 42.5 Å². The van der Waals surface area contributed by atoms with Gasteiger partial charge in [0.2, 0.25) is 0 Å². The van der Waals surface area contributed by atoms with Crippen molar-refractivity contribution in [3.8, 4) is 0 Å². The van der Waals surface area contributed by atoms with Crippen molar-refractivity contribution in [2.24, 2.45) is 0 Å². The van der Waals surface area contributed by atoms with Gasteiger partial charge in [0.1, 0.15) is 0 Å². The summed E-state index contributed by atoms with van der Waals surface area (Å²) in [4.78, 5) is 28.8. The van der Waals surface area contributed by atoms with Gasteiger partial charge in [0.15, 0.2) is 5.76 Å². The normalized spacial score (nSPS) is 14.3. The predicted molar refractivity (Wildman–Crippen MR) is 112 cm³/mol. The summed E-state index contributed by atoms with van der Waals surface area (Å²) in [5.41, 5.74) is 0.208. The van der Waals surface area contributed by atoms with E-state index < -0.39 is 11.7 Å². The first kappa shape index (κ1) is 21.5. The lowest BCUT2D eigenvalue weighted by molar-refractivity contribution is -0.137. The molecule has 0 saturated carbocycles. The van der Waals surface area contributed by atoms with Crippen LogP contribution >= 0.6 is 0 Å². The lowest BCUT2D eigenvalue weighted by Crippen LogP contribution is -2.50. The molecule has 1 aliphatic rings. The van der Waals surface area contributed by atoms with Crippen LogP contribution in [0.15, 0.2) is 71.3 Å². The molecule has 6 nitrogen and oxygen atoms in total. The highest BCUT2D eigenvalue weighted by Gasteiger charge is 2.31. The second-order valence-corrected chi connectivity index (χ2v) is 7.31. The number of furan rings is 1. The number of nitrogens with zero attached hydrogens (tertiary/aromatic N) is 2. The Labute approximate surface area is 182 Å². The van der Waals surface area contributed by atoms with Gasteiger partial charge in [-0.3, -0.25) is 9.59 Å². The van der Waals surface area contributed by atoms with Crippen LogP contribution in [0.3, 0.4) is 0 Å². The number of hydrogen-bond donors (Lipinski definition) is 1. The van der Waals surface area contributed by atoms with Crippen molar-refractivity contribution >= 4 is 23.2 Å². The summed E-state index contributed by atoms with van der Waals surface area (Å²) in [7, 11) is 0. The van der Waals surface area contributed by atoms with Gasteiger partial charge in [0, 0.05) is 31.9 Å². The molecule has 3 aromatic rings. The maximum absolute atomic E-state index is 13.1. The molecule has 0 atom stereocenters. The molecule has 0 radical (unpaired) electrons. The van der Waals surface area contributed by atoms with E-state index >= 15 is 0 Å². The summed E-state index contributed by atoms with van der Waals surface area (Å²) in [5, 5.41) is 2.93. The number of benzene rings is 2. The molecule has 2 heterocycles. The van der Waals surface area contributed by atoms with Crippen LogP contribution in [-0.4, -0.2) is 47.8 Å². The van der Waals surface area contributed by atoms with Crippen LogP contribution in [0.25, 0.3) is 0 Å². The number of rotatable bonds is 4. The fraction of sp³-hybridized carbons (Fsp3) is 0.217. The van der Waals surface area contributed by atoms with Gasteiger partial charge < -0.3 is 19.5 Å². The average molecular weight is 443 g/mol. The summed E-state index contributed by atoms with van der Waals surface area (Å²) < 4.78 is 44.2. The highest BCUT2D eigenvalue weighted by Crippen LogP contribution is 2.32. The van der Waals surface area contributed by atoms with Crippen LogP contribution in [-0.2, 0) is 6.18 Å².